The van der Waals surface area contributed by atoms with Crippen molar-refractivity contribution in [3.8, 4) is 0 Å². The topological polar surface area (TPSA) is 58.2 Å². The summed E-state index contributed by atoms with van der Waals surface area (Å²) in [5.41, 5.74) is 2.36. The number of carbonyl (C=O) groups is 2. The summed E-state index contributed by atoms with van der Waals surface area (Å²) in [5, 5.41) is 5.92. The molecule has 0 atom stereocenters. The van der Waals surface area contributed by atoms with E-state index in [1.807, 2.05) is 18.2 Å². The lowest BCUT2D eigenvalue weighted by Gasteiger charge is -2.22. The van der Waals surface area contributed by atoms with Gasteiger partial charge in [-0.1, -0.05) is 62.7 Å². The Balaban J connectivity index is 2.00. The van der Waals surface area contributed by atoms with Gasteiger partial charge in [0.2, 0.25) is 0 Å². The number of hydrogen-bond donors (Lipinski definition) is 2. The highest BCUT2D eigenvalue weighted by atomic mass is 35.5. The van der Waals surface area contributed by atoms with E-state index in [2.05, 4.69) is 31.4 Å². The fourth-order valence-corrected chi connectivity index (χ4v) is 2.42. The lowest BCUT2D eigenvalue weighted by molar-refractivity contribution is -0.136. The van der Waals surface area contributed by atoms with Gasteiger partial charge in [0, 0.05) is 17.3 Å². The summed E-state index contributed by atoms with van der Waals surface area (Å²) in [6.07, 6.45) is 0. The molecule has 2 rings (SSSR count). The molecule has 0 aliphatic rings. The normalized spacial score (nSPS) is 11.0. The molecule has 2 aromatic carbocycles. The molecule has 2 amide bonds. The number of anilines is 1. The summed E-state index contributed by atoms with van der Waals surface area (Å²) in [7, 11) is 0. The van der Waals surface area contributed by atoms with Gasteiger partial charge in [-0.15, -0.1) is 0 Å². The average molecular weight is 345 g/mol. The fourth-order valence-electron chi connectivity index (χ4n) is 2.29. The molecule has 0 spiro atoms. The van der Waals surface area contributed by atoms with Crippen LogP contribution in [0.15, 0.2) is 48.5 Å². The Kier molecular flexibility index (Phi) is 5.62. The predicted molar refractivity (Wildman–Crippen MR) is 97.1 cm³/mol. The van der Waals surface area contributed by atoms with Crippen LogP contribution in [0, 0.1) is 0 Å². The van der Waals surface area contributed by atoms with Crippen LogP contribution in [0.4, 0.5) is 5.69 Å². The van der Waals surface area contributed by atoms with Crippen molar-refractivity contribution in [2.24, 2.45) is 0 Å². The summed E-state index contributed by atoms with van der Waals surface area (Å²) in [6.45, 7) is 6.43. The van der Waals surface area contributed by atoms with Gasteiger partial charge in [-0.05, 0) is 34.7 Å². The highest BCUT2D eigenvalue weighted by Gasteiger charge is 2.20. The minimum absolute atomic E-state index is 0.135. The van der Waals surface area contributed by atoms with Gasteiger partial charge >= 0.3 is 11.8 Å². The monoisotopic (exact) mass is 344 g/mol. The smallest absolute Gasteiger partial charge is 0.313 e. The van der Waals surface area contributed by atoms with Gasteiger partial charge in [-0.3, -0.25) is 9.59 Å². The molecular weight excluding hydrogens is 324 g/mol. The van der Waals surface area contributed by atoms with Crippen molar-refractivity contribution in [3.05, 3.63) is 64.7 Å². The van der Waals surface area contributed by atoms with Crippen molar-refractivity contribution in [1.82, 2.24) is 5.32 Å². The summed E-state index contributed by atoms with van der Waals surface area (Å²) >= 11 is 5.82. The van der Waals surface area contributed by atoms with Gasteiger partial charge in [0.15, 0.2) is 0 Å². The summed E-state index contributed by atoms with van der Waals surface area (Å²) in [4.78, 5) is 24.1. The van der Waals surface area contributed by atoms with E-state index in [1.165, 1.54) is 0 Å². The molecule has 0 bridgehead atoms. The number of halogens is 1. The summed E-state index contributed by atoms with van der Waals surface area (Å²) in [6, 6.07) is 14.6. The van der Waals surface area contributed by atoms with E-state index in [0.717, 1.165) is 11.1 Å². The lowest BCUT2D eigenvalue weighted by atomic mass is 9.86. The molecule has 0 heterocycles. The Morgan fingerprint density at radius 3 is 2.21 bits per heavy atom. The number of para-hydroxylation sites is 1. The Morgan fingerprint density at radius 2 is 1.58 bits per heavy atom. The molecule has 126 valence electrons. The standard InChI is InChI=1S/C19H21ClN2O2/c1-19(2,3)15-6-4-5-7-16(15)22-18(24)17(23)21-12-13-8-10-14(20)11-9-13/h4-11H,12H2,1-3H3,(H,21,23)(H,22,24). The highest BCUT2D eigenvalue weighted by Crippen LogP contribution is 2.29. The molecule has 0 unspecified atom stereocenters. The lowest BCUT2D eigenvalue weighted by Crippen LogP contribution is -2.35. The maximum Gasteiger partial charge on any atom is 0.313 e. The van der Waals surface area contributed by atoms with Gasteiger partial charge in [0.05, 0.1) is 0 Å². The van der Waals surface area contributed by atoms with Crippen molar-refractivity contribution in [2.45, 2.75) is 32.7 Å². The second-order valence-corrected chi connectivity index (χ2v) is 7.00. The molecule has 5 heteroatoms. The number of nitrogens with one attached hydrogen (secondary N) is 2. The maximum atomic E-state index is 12.1. The fraction of sp³-hybridized carbons (Fsp3) is 0.263. The second kappa shape index (κ2) is 7.49. The largest absolute Gasteiger partial charge is 0.344 e. The quantitative estimate of drug-likeness (QED) is 0.830. The SMILES string of the molecule is CC(C)(C)c1ccccc1NC(=O)C(=O)NCc1ccc(Cl)cc1. The van der Waals surface area contributed by atoms with Crippen LogP contribution in [0.3, 0.4) is 0 Å². The Bertz CT molecular complexity index is 734. The molecule has 0 saturated carbocycles. The van der Waals surface area contributed by atoms with Gasteiger partial charge in [-0.25, -0.2) is 0 Å². The van der Waals surface area contributed by atoms with Gasteiger partial charge in [-0.2, -0.15) is 0 Å². The van der Waals surface area contributed by atoms with Crippen LogP contribution in [-0.4, -0.2) is 11.8 Å². The van der Waals surface area contributed by atoms with E-state index in [-0.39, 0.29) is 12.0 Å². The van der Waals surface area contributed by atoms with Crippen molar-refractivity contribution < 1.29 is 9.59 Å². The Labute approximate surface area is 147 Å². The van der Waals surface area contributed by atoms with E-state index in [1.54, 1.807) is 30.3 Å². The third-order valence-corrected chi connectivity index (χ3v) is 3.81. The van der Waals surface area contributed by atoms with E-state index < -0.39 is 11.8 Å². The molecule has 0 radical (unpaired) electrons. The zero-order valence-corrected chi connectivity index (χ0v) is 14.8. The molecule has 0 saturated heterocycles. The van der Waals surface area contributed by atoms with Crippen molar-refractivity contribution in [3.63, 3.8) is 0 Å². The van der Waals surface area contributed by atoms with E-state index in [0.29, 0.717) is 10.7 Å². The van der Waals surface area contributed by atoms with Crippen molar-refractivity contribution >= 4 is 29.1 Å². The van der Waals surface area contributed by atoms with E-state index in [9.17, 15) is 9.59 Å². The number of carbonyl (C=O) groups excluding carboxylic acids is 2. The molecule has 2 N–H and O–H groups in total. The molecule has 24 heavy (non-hydrogen) atoms. The number of benzene rings is 2. The minimum Gasteiger partial charge on any atom is -0.344 e. The minimum atomic E-state index is -0.680. The zero-order chi connectivity index (χ0) is 17.7. The molecule has 0 aliphatic carbocycles. The molecule has 0 aliphatic heterocycles. The Hall–Kier alpha value is -2.33. The van der Waals surface area contributed by atoms with Crippen LogP contribution in [0.1, 0.15) is 31.9 Å². The molecular formula is C19H21ClN2O2. The van der Waals surface area contributed by atoms with Crippen molar-refractivity contribution in [2.75, 3.05) is 5.32 Å². The summed E-state index contributed by atoms with van der Waals surface area (Å²) in [5.74, 6) is -1.35. The highest BCUT2D eigenvalue weighted by molar-refractivity contribution is 6.39. The first-order valence-electron chi connectivity index (χ1n) is 7.70. The van der Waals surface area contributed by atoms with Crippen LogP contribution in [0.5, 0.6) is 0 Å². The van der Waals surface area contributed by atoms with Gasteiger partial charge in [0.1, 0.15) is 0 Å². The molecule has 0 fully saturated rings. The van der Waals surface area contributed by atoms with Crippen molar-refractivity contribution in [1.29, 1.82) is 0 Å². The predicted octanol–water partition coefficient (Wildman–Crippen LogP) is 3.89. The third kappa shape index (κ3) is 4.83. The van der Waals surface area contributed by atoms with Crippen LogP contribution in [0.2, 0.25) is 5.02 Å². The van der Waals surface area contributed by atoms with Crippen LogP contribution >= 0.6 is 11.6 Å². The first-order chi connectivity index (χ1) is 11.3. The third-order valence-electron chi connectivity index (χ3n) is 3.56. The zero-order valence-electron chi connectivity index (χ0n) is 14.0. The number of amides is 2. The molecule has 4 nitrogen and oxygen atoms in total. The van der Waals surface area contributed by atoms with Gasteiger partial charge in [0.25, 0.3) is 0 Å². The average Bonchev–Trinajstić information content (AvgIpc) is 2.53. The Morgan fingerprint density at radius 1 is 0.958 bits per heavy atom. The number of hydrogen-bond acceptors (Lipinski definition) is 2. The van der Waals surface area contributed by atoms with Crippen LogP contribution < -0.4 is 10.6 Å². The van der Waals surface area contributed by atoms with Gasteiger partial charge < -0.3 is 10.6 Å². The summed E-state index contributed by atoms with van der Waals surface area (Å²) < 4.78 is 0. The second-order valence-electron chi connectivity index (χ2n) is 6.56. The molecule has 2 aromatic rings. The van der Waals surface area contributed by atoms with E-state index in [4.69, 9.17) is 11.6 Å². The van der Waals surface area contributed by atoms with Crippen LogP contribution in [0.25, 0.3) is 0 Å². The first-order valence-corrected chi connectivity index (χ1v) is 8.08. The first kappa shape index (κ1) is 18.0. The van der Waals surface area contributed by atoms with E-state index >= 15 is 0 Å². The molecule has 0 aromatic heterocycles. The maximum absolute atomic E-state index is 12.1. The van der Waals surface area contributed by atoms with Crippen LogP contribution in [-0.2, 0) is 21.5 Å². The number of rotatable bonds is 3.